The molecule has 156 valence electrons. The molecule has 29 heavy (non-hydrogen) atoms. The van der Waals surface area contributed by atoms with Crippen molar-refractivity contribution in [3.05, 3.63) is 48.5 Å². The lowest BCUT2D eigenvalue weighted by atomic mass is 10.2. The van der Waals surface area contributed by atoms with E-state index in [1.165, 1.54) is 4.31 Å². The molecule has 0 aromatic heterocycles. The number of anilines is 3. The molecule has 3 rings (SSSR count). The number of nitrogens with zero attached hydrogens (tertiary/aromatic N) is 2. The van der Waals surface area contributed by atoms with E-state index in [1.54, 1.807) is 12.1 Å². The van der Waals surface area contributed by atoms with Gasteiger partial charge in [0.15, 0.2) is 5.11 Å². The summed E-state index contributed by atoms with van der Waals surface area (Å²) >= 11 is 5.49. The molecule has 2 aromatic rings. The van der Waals surface area contributed by atoms with E-state index in [9.17, 15) is 8.42 Å². The lowest BCUT2D eigenvalue weighted by molar-refractivity contribution is 0.445. The molecule has 2 aromatic carbocycles. The zero-order chi connectivity index (χ0) is 20.9. The maximum Gasteiger partial charge on any atom is 0.243 e. The SMILES string of the molecule is CCN(CC)S(=O)(=O)c1ccc(N2CCCC2)c(NC(=S)Nc2ccccc2)c1. The average molecular weight is 433 g/mol. The van der Waals surface area contributed by atoms with Crippen molar-refractivity contribution in [3.8, 4) is 0 Å². The first-order valence-corrected chi connectivity index (χ1v) is 11.8. The number of nitrogens with one attached hydrogen (secondary N) is 2. The summed E-state index contributed by atoms with van der Waals surface area (Å²) in [4.78, 5) is 2.54. The molecule has 8 heteroatoms. The van der Waals surface area contributed by atoms with Crippen LogP contribution in [0.2, 0.25) is 0 Å². The van der Waals surface area contributed by atoms with Crippen molar-refractivity contribution in [2.24, 2.45) is 0 Å². The van der Waals surface area contributed by atoms with Crippen LogP contribution in [0.5, 0.6) is 0 Å². The molecule has 1 heterocycles. The van der Waals surface area contributed by atoms with Gasteiger partial charge in [0.1, 0.15) is 0 Å². The number of rotatable bonds is 7. The molecule has 1 fully saturated rings. The van der Waals surface area contributed by atoms with Crippen LogP contribution in [-0.4, -0.2) is 44.0 Å². The normalized spacial score (nSPS) is 14.2. The number of benzene rings is 2. The fourth-order valence-corrected chi connectivity index (χ4v) is 5.24. The molecule has 0 unspecified atom stereocenters. The van der Waals surface area contributed by atoms with E-state index in [2.05, 4.69) is 15.5 Å². The fourth-order valence-electron chi connectivity index (χ4n) is 3.53. The molecular weight excluding hydrogens is 404 g/mol. The average Bonchev–Trinajstić information content (AvgIpc) is 3.24. The summed E-state index contributed by atoms with van der Waals surface area (Å²) in [5.74, 6) is 0. The summed E-state index contributed by atoms with van der Waals surface area (Å²) in [6.07, 6.45) is 2.26. The van der Waals surface area contributed by atoms with E-state index in [0.717, 1.165) is 37.3 Å². The summed E-state index contributed by atoms with van der Waals surface area (Å²) in [6, 6.07) is 14.9. The highest BCUT2D eigenvalue weighted by molar-refractivity contribution is 7.89. The molecule has 0 aliphatic carbocycles. The Kier molecular flexibility index (Phi) is 7.10. The monoisotopic (exact) mass is 432 g/mol. The Balaban J connectivity index is 1.92. The van der Waals surface area contributed by atoms with Crippen LogP contribution in [-0.2, 0) is 10.0 Å². The number of hydrogen-bond donors (Lipinski definition) is 2. The first-order chi connectivity index (χ1) is 14.0. The molecule has 1 saturated heterocycles. The zero-order valence-corrected chi connectivity index (χ0v) is 18.5. The molecule has 2 N–H and O–H groups in total. The van der Waals surface area contributed by atoms with Crippen molar-refractivity contribution in [1.82, 2.24) is 4.31 Å². The second-order valence-electron chi connectivity index (χ2n) is 6.91. The molecule has 0 radical (unpaired) electrons. The summed E-state index contributed by atoms with van der Waals surface area (Å²) < 4.78 is 27.4. The molecular formula is C21H28N4O2S2. The van der Waals surface area contributed by atoms with E-state index in [1.807, 2.05) is 50.2 Å². The third-order valence-corrected chi connectivity index (χ3v) is 7.29. The minimum Gasteiger partial charge on any atom is -0.370 e. The van der Waals surface area contributed by atoms with Gasteiger partial charge in [-0.25, -0.2) is 8.42 Å². The van der Waals surface area contributed by atoms with Crippen LogP contribution in [0.25, 0.3) is 0 Å². The summed E-state index contributed by atoms with van der Waals surface area (Å²) in [5, 5.41) is 6.80. The Morgan fingerprint density at radius 2 is 1.69 bits per heavy atom. The lowest BCUT2D eigenvalue weighted by Crippen LogP contribution is -2.31. The highest BCUT2D eigenvalue weighted by atomic mass is 32.2. The maximum atomic E-state index is 13.0. The predicted octanol–water partition coefficient (Wildman–Crippen LogP) is 4.13. The van der Waals surface area contributed by atoms with Crippen LogP contribution in [0.3, 0.4) is 0 Å². The Bertz CT molecular complexity index is 938. The number of para-hydroxylation sites is 1. The first-order valence-electron chi connectivity index (χ1n) is 9.98. The maximum absolute atomic E-state index is 13.0. The van der Waals surface area contributed by atoms with Gasteiger partial charge in [-0.05, 0) is 55.4 Å². The molecule has 1 aliphatic rings. The van der Waals surface area contributed by atoms with Gasteiger partial charge in [-0.15, -0.1) is 0 Å². The molecule has 0 atom stereocenters. The zero-order valence-electron chi connectivity index (χ0n) is 16.9. The minimum atomic E-state index is -3.55. The van der Waals surface area contributed by atoms with Crippen LogP contribution in [0, 0.1) is 0 Å². The van der Waals surface area contributed by atoms with E-state index in [0.29, 0.717) is 23.9 Å². The summed E-state index contributed by atoms with van der Waals surface area (Å²) in [5.41, 5.74) is 2.55. The smallest absolute Gasteiger partial charge is 0.243 e. The Hall–Kier alpha value is -2.16. The third-order valence-electron chi connectivity index (χ3n) is 5.04. The summed E-state index contributed by atoms with van der Waals surface area (Å²) in [7, 11) is -3.55. The van der Waals surface area contributed by atoms with Gasteiger partial charge in [-0.1, -0.05) is 32.0 Å². The largest absolute Gasteiger partial charge is 0.370 e. The van der Waals surface area contributed by atoms with Gasteiger partial charge in [-0.2, -0.15) is 4.31 Å². The van der Waals surface area contributed by atoms with Gasteiger partial charge in [0.25, 0.3) is 0 Å². The van der Waals surface area contributed by atoms with Crippen molar-refractivity contribution in [2.45, 2.75) is 31.6 Å². The Morgan fingerprint density at radius 1 is 1.03 bits per heavy atom. The first kappa shape index (κ1) is 21.5. The van der Waals surface area contributed by atoms with Gasteiger partial charge in [0.05, 0.1) is 16.3 Å². The van der Waals surface area contributed by atoms with Gasteiger partial charge in [0.2, 0.25) is 10.0 Å². The van der Waals surface area contributed by atoms with Crippen molar-refractivity contribution in [2.75, 3.05) is 41.7 Å². The van der Waals surface area contributed by atoms with Crippen molar-refractivity contribution < 1.29 is 8.42 Å². The quantitative estimate of drug-likeness (QED) is 0.642. The van der Waals surface area contributed by atoms with E-state index in [-0.39, 0.29) is 4.90 Å². The van der Waals surface area contributed by atoms with E-state index >= 15 is 0 Å². The van der Waals surface area contributed by atoms with Crippen LogP contribution in [0.4, 0.5) is 17.1 Å². The van der Waals surface area contributed by atoms with Crippen LogP contribution in [0.1, 0.15) is 26.7 Å². The van der Waals surface area contributed by atoms with Crippen LogP contribution in [0.15, 0.2) is 53.4 Å². The van der Waals surface area contributed by atoms with Gasteiger partial charge in [-0.3, -0.25) is 0 Å². The van der Waals surface area contributed by atoms with Gasteiger partial charge < -0.3 is 15.5 Å². The van der Waals surface area contributed by atoms with Gasteiger partial charge in [0, 0.05) is 31.9 Å². The van der Waals surface area contributed by atoms with Crippen molar-refractivity contribution in [3.63, 3.8) is 0 Å². The fraction of sp³-hybridized carbons (Fsp3) is 0.381. The number of hydrogen-bond acceptors (Lipinski definition) is 4. The molecule has 6 nitrogen and oxygen atoms in total. The Morgan fingerprint density at radius 3 is 2.31 bits per heavy atom. The van der Waals surface area contributed by atoms with Crippen molar-refractivity contribution in [1.29, 1.82) is 0 Å². The highest BCUT2D eigenvalue weighted by Gasteiger charge is 2.24. The standard InChI is InChI=1S/C21H28N4O2S2/c1-3-25(4-2)29(26,27)18-12-13-20(24-14-8-9-15-24)19(16-18)23-21(28)22-17-10-6-5-7-11-17/h5-7,10-13,16H,3-4,8-9,14-15H2,1-2H3,(H2,22,23,28). The molecule has 0 spiro atoms. The molecule has 1 aliphatic heterocycles. The second kappa shape index (κ2) is 9.56. The van der Waals surface area contributed by atoms with Crippen LogP contribution >= 0.6 is 12.2 Å². The highest BCUT2D eigenvalue weighted by Crippen LogP contribution is 2.32. The molecule has 0 bridgehead atoms. The Labute approximate surface area is 179 Å². The number of sulfonamides is 1. The predicted molar refractivity (Wildman–Crippen MR) is 124 cm³/mol. The second-order valence-corrected chi connectivity index (χ2v) is 9.25. The van der Waals surface area contributed by atoms with Crippen LogP contribution < -0.4 is 15.5 Å². The van der Waals surface area contributed by atoms with Crippen molar-refractivity contribution >= 4 is 44.4 Å². The van der Waals surface area contributed by atoms with E-state index < -0.39 is 10.0 Å². The minimum absolute atomic E-state index is 0.272. The molecule has 0 amide bonds. The number of thiocarbonyl (C=S) groups is 1. The topological polar surface area (TPSA) is 64.7 Å². The van der Waals surface area contributed by atoms with Gasteiger partial charge >= 0.3 is 0 Å². The third kappa shape index (κ3) is 5.07. The summed E-state index contributed by atoms with van der Waals surface area (Å²) in [6.45, 7) is 6.47. The molecule has 0 saturated carbocycles. The lowest BCUT2D eigenvalue weighted by Gasteiger charge is -2.24. The van der Waals surface area contributed by atoms with E-state index in [4.69, 9.17) is 12.2 Å².